The number of unbranched alkanes of at least 4 members (excludes halogenated alkanes) is 29. The van der Waals surface area contributed by atoms with Gasteiger partial charge in [-0.25, -0.2) is 4.57 Å². The van der Waals surface area contributed by atoms with Crippen molar-refractivity contribution in [1.29, 1.82) is 0 Å². The summed E-state index contributed by atoms with van der Waals surface area (Å²) in [7, 11) is -4.63. The molecule has 0 spiro atoms. The molecule has 0 aliphatic carbocycles. The van der Waals surface area contributed by atoms with Crippen molar-refractivity contribution in [3.8, 4) is 0 Å². The van der Waals surface area contributed by atoms with Crippen molar-refractivity contribution in [2.45, 2.75) is 264 Å². The molecule has 0 saturated carbocycles. The van der Waals surface area contributed by atoms with Crippen LogP contribution in [0.15, 0.2) is 48.6 Å². The second-order valence-electron chi connectivity index (χ2n) is 18.2. The van der Waals surface area contributed by atoms with Crippen LogP contribution >= 0.6 is 7.82 Å². The summed E-state index contributed by atoms with van der Waals surface area (Å²) in [5, 5.41) is 18.4. The molecule has 0 fully saturated rings. The number of aliphatic hydroxyl groups is 2. The number of phosphoric ester groups is 1. The predicted molar refractivity (Wildman–Crippen MR) is 274 cm³/mol. The molecule has 0 aromatic carbocycles. The number of carbonyl (C=O) groups is 2. The van der Waals surface area contributed by atoms with E-state index < -0.39 is 51.8 Å². The second-order valence-corrected chi connectivity index (χ2v) is 19.7. The van der Waals surface area contributed by atoms with Gasteiger partial charge in [-0.05, 0) is 51.4 Å². The smallest absolute Gasteiger partial charge is 0.462 e. The average molecular weight is 953 g/mol. The number of hydrogen-bond donors (Lipinski definition) is 3. The molecule has 66 heavy (non-hydrogen) atoms. The van der Waals surface area contributed by atoms with Crippen LogP contribution in [0.3, 0.4) is 0 Å². The molecule has 3 atom stereocenters. The molecular weight excluding hydrogens is 852 g/mol. The van der Waals surface area contributed by atoms with Crippen LogP contribution in [-0.2, 0) is 32.7 Å². The van der Waals surface area contributed by atoms with E-state index in [4.69, 9.17) is 23.6 Å². The van der Waals surface area contributed by atoms with Gasteiger partial charge < -0.3 is 24.6 Å². The van der Waals surface area contributed by atoms with Gasteiger partial charge in [-0.2, -0.15) is 0 Å². The van der Waals surface area contributed by atoms with Crippen LogP contribution in [0.1, 0.15) is 251 Å². The van der Waals surface area contributed by atoms with Crippen LogP contribution in [0, 0.1) is 0 Å². The minimum atomic E-state index is -4.63. The van der Waals surface area contributed by atoms with Crippen molar-refractivity contribution >= 4 is 19.8 Å². The molecular formula is C55H101O10P. The molecule has 386 valence electrons. The molecule has 0 heterocycles. The van der Waals surface area contributed by atoms with Gasteiger partial charge in [0.25, 0.3) is 0 Å². The highest BCUT2D eigenvalue weighted by atomic mass is 31.2. The Hall–Kier alpha value is -2.07. The molecule has 3 N–H and O–H groups in total. The summed E-state index contributed by atoms with van der Waals surface area (Å²) >= 11 is 0. The molecule has 0 saturated heterocycles. The number of carbonyl (C=O) groups excluding carboxylic acids is 2. The van der Waals surface area contributed by atoms with E-state index in [9.17, 15) is 24.2 Å². The van der Waals surface area contributed by atoms with Crippen molar-refractivity contribution in [3.05, 3.63) is 48.6 Å². The monoisotopic (exact) mass is 953 g/mol. The molecule has 0 bridgehead atoms. The Labute approximate surface area is 404 Å². The molecule has 0 aromatic heterocycles. The third-order valence-corrected chi connectivity index (χ3v) is 12.7. The Morgan fingerprint density at radius 3 is 1.26 bits per heavy atom. The molecule has 0 aliphatic heterocycles. The lowest BCUT2D eigenvalue weighted by Gasteiger charge is -2.20. The van der Waals surface area contributed by atoms with Gasteiger partial charge >= 0.3 is 19.8 Å². The van der Waals surface area contributed by atoms with Gasteiger partial charge in [0.15, 0.2) is 6.10 Å². The summed E-state index contributed by atoms with van der Waals surface area (Å²) in [6.45, 7) is 2.30. The normalized spacial score (nSPS) is 14.0. The maximum atomic E-state index is 12.7. The first-order chi connectivity index (χ1) is 32.2. The van der Waals surface area contributed by atoms with Crippen molar-refractivity contribution in [2.24, 2.45) is 0 Å². The lowest BCUT2D eigenvalue weighted by atomic mass is 10.0. The van der Waals surface area contributed by atoms with Gasteiger partial charge in [-0.15, -0.1) is 0 Å². The standard InChI is InChI=1S/C55H101O10P/c1-3-5-7-9-11-13-15-17-19-21-23-24-25-26-27-29-30-32-34-36-38-40-42-44-46-54(58)62-50-53(51-64-66(60,61)63-49-52(57)48-56)65-55(59)47-45-43-41-39-37-35-33-31-28-22-20-18-16-14-12-10-8-6-4-2/h6,8,12,14,18,20,28,31,52-53,56-57H,3-5,7,9-11,13,15-17,19,21-27,29-30,32-51H2,1-2H3,(H,60,61)/b8-6-,14-12-,20-18-,31-28-. The summed E-state index contributed by atoms with van der Waals surface area (Å²) in [6.07, 6.45) is 58.0. The molecule has 11 heteroatoms. The minimum Gasteiger partial charge on any atom is -0.462 e. The topological polar surface area (TPSA) is 149 Å². The summed E-state index contributed by atoms with van der Waals surface area (Å²) in [6, 6.07) is 0. The predicted octanol–water partition coefficient (Wildman–Crippen LogP) is 15.6. The number of rotatable bonds is 51. The molecule has 3 unspecified atom stereocenters. The quantitative estimate of drug-likeness (QED) is 0.0233. The molecule has 0 amide bonds. The summed E-state index contributed by atoms with van der Waals surface area (Å²) in [4.78, 5) is 35.2. The van der Waals surface area contributed by atoms with Crippen molar-refractivity contribution < 1.29 is 47.8 Å². The number of phosphoric acid groups is 1. The summed E-state index contributed by atoms with van der Waals surface area (Å²) in [5.74, 6) is -0.931. The maximum Gasteiger partial charge on any atom is 0.472 e. The molecule has 0 rings (SSSR count). The number of aliphatic hydroxyl groups excluding tert-OH is 2. The second kappa shape index (κ2) is 50.8. The fourth-order valence-electron chi connectivity index (χ4n) is 7.63. The van der Waals surface area contributed by atoms with Crippen LogP contribution in [0.5, 0.6) is 0 Å². The largest absolute Gasteiger partial charge is 0.472 e. The Morgan fingerprint density at radius 2 is 0.833 bits per heavy atom. The minimum absolute atomic E-state index is 0.169. The fourth-order valence-corrected chi connectivity index (χ4v) is 8.42. The first-order valence-electron chi connectivity index (χ1n) is 27.1. The zero-order valence-electron chi connectivity index (χ0n) is 42.4. The van der Waals surface area contributed by atoms with Crippen molar-refractivity contribution in [3.63, 3.8) is 0 Å². The van der Waals surface area contributed by atoms with E-state index >= 15 is 0 Å². The van der Waals surface area contributed by atoms with Crippen LogP contribution in [-0.4, -0.2) is 65.7 Å². The lowest BCUT2D eigenvalue weighted by Crippen LogP contribution is -2.29. The van der Waals surface area contributed by atoms with E-state index in [1.807, 2.05) is 0 Å². The van der Waals surface area contributed by atoms with Crippen LogP contribution in [0.2, 0.25) is 0 Å². The first-order valence-corrected chi connectivity index (χ1v) is 28.6. The van der Waals surface area contributed by atoms with E-state index in [-0.39, 0.29) is 19.4 Å². The van der Waals surface area contributed by atoms with E-state index in [1.165, 1.54) is 128 Å². The van der Waals surface area contributed by atoms with Gasteiger partial charge in [0, 0.05) is 12.8 Å². The fraction of sp³-hybridized carbons (Fsp3) is 0.818. The third-order valence-electron chi connectivity index (χ3n) is 11.7. The summed E-state index contributed by atoms with van der Waals surface area (Å²) < 4.78 is 32.9. The van der Waals surface area contributed by atoms with E-state index in [1.54, 1.807) is 0 Å². The van der Waals surface area contributed by atoms with Gasteiger partial charge in [0.05, 0.1) is 19.8 Å². The first kappa shape index (κ1) is 63.9. The Balaban J connectivity index is 4.12. The van der Waals surface area contributed by atoms with Gasteiger partial charge in [-0.3, -0.25) is 18.6 Å². The number of allylic oxidation sites excluding steroid dienone is 8. The zero-order chi connectivity index (χ0) is 48.3. The molecule has 0 aliphatic rings. The zero-order valence-corrected chi connectivity index (χ0v) is 43.3. The highest BCUT2D eigenvalue weighted by Gasteiger charge is 2.27. The Morgan fingerprint density at radius 1 is 0.470 bits per heavy atom. The van der Waals surface area contributed by atoms with Crippen LogP contribution in [0.25, 0.3) is 0 Å². The highest BCUT2D eigenvalue weighted by molar-refractivity contribution is 7.47. The number of esters is 2. The molecule has 0 aromatic rings. The van der Waals surface area contributed by atoms with E-state index in [0.717, 1.165) is 83.5 Å². The van der Waals surface area contributed by atoms with Crippen LogP contribution < -0.4 is 0 Å². The van der Waals surface area contributed by atoms with Gasteiger partial charge in [0.1, 0.15) is 12.7 Å². The van der Waals surface area contributed by atoms with Crippen molar-refractivity contribution in [1.82, 2.24) is 0 Å². The number of ether oxygens (including phenoxy) is 2. The van der Waals surface area contributed by atoms with Gasteiger partial charge in [-0.1, -0.05) is 236 Å². The Kier molecular flexibility index (Phi) is 49.2. The third kappa shape index (κ3) is 49.8. The molecule has 0 radical (unpaired) electrons. The average Bonchev–Trinajstić information content (AvgIpc) is 3.31. The number of hydrogen-bond acceptors (Lipinski definition) is 9. The van der Waals surface area contributed by atoms with Crippen LogP contribution in [0.4, 0.5) is 0 Å². The highest BCUT2D eigenvalue weighted by Crippen LogP contribution is 2.43. The van der Waals surface area contributed by atoms with Crippen molar-refractivity contribution in [2.75, 3.05) is 26.4 Å². The van der Waals surface area contributed by atoms with Gasteiger partial charge in [0.2, 0.25) is 0 Å². The summed E-state index contributed by atoms with van der Waals surface area (Å²) in [5.41, 5.74) is 0. The Bertz CT molecular complexity index is 1230. The SMILES string of the molecule is CC/C=C\C/C=C\C/C=C\C/C=C\CCCCCCCCC(=O)OC(COC(=O)CCCCCCCCCCCCCCCCCCCCCCCCCC)COP(=O)(O)OCC(O)CO. The van der Waals surface area contributed by atoms with E-state index in [0.29, 0.717) is 12.8 Å². The van der Waals surface area contributed by atoms with E-state index in [2.05, 4.69) is 62.5 Å². The molecule has 10 nitrogen and oxygen atoms in total. The lowest BCUT2D eigenvalue weighted by molar-refractivity contribution is -0.161. The maximum absolute atomic E-state index is 12.7.